The molecule has 0 fully saturated rings. The zero-order valence-electron chi connectivity index (χ0n) is 16.7. The maximum absolute atomic E-state index is 14.6. The zero-order valence-corrected chi connectivity index (χ0v) is 16.7. The Morgan fingerprint density at radius 1 is 0.800 bits per heavy atom. The average Bonchev–Trinajstić information content (AvgIpc) is 2.78. The van der Waals surface area contributed by atoms with Gasteiger partial charge in [0.05, 0.1) is 5.69 Å². The highest BCUT2D eigenvalue weighted by molar-refractivity contribution is 5.83. The molecule has 0 aliphatic carbocycles. The summed E-state index contributed by atoms with van der Waals surface area (Å²) in [4.78, 5) is 0. The number of rotatable bonds is 5. The predicted molar refractivity (Wildman–Crippen MR) is 117 cm³/mol. The molecule has 0 saturated heterocycles. The summed E-state index contributed by atoms with van der Waals surface area (Å²) in [6.07, 6.45) is 3.08. The number of halogens is 3. The number of nitrogen functional groups attached to an aromatic ring is 1. The fourth-order valence-electron chi connectivity index (χ4n) is 2.90. The Balaban J connectivity index is 1.76. The number of aryl methyl sites for hydroxylation is 1. The van der Waals surface area contributed by atoms with E-state index in [-0.39, 0.29) is 16.8 Å². The molecule has 0 saturated carbocycles. The van der Waals surface area contributed by atoms with Gasteiger partial charge >= 0.3 is 0 Å². The lowest BCUT2D eigenvalue weighted by Gasteiger charge is -2.05. The molecule has 0 aliphatic heterocycles. The molecular formula is C26H22F3N. The second kappa shape index (κ2) is 9.84. The van der Waals surface area contributed by atoms with Crippen LogP contribution in [0.4, 0.5) is 18.9 Å². The Morgan fingerprint density at radius 2 is 1.33 bits per heavy atom. The third-order valence-corrected chi connectivity index (χ3v) is 4.71. The maximum atomic E-state index is 14.6. The minimum absolute atomic E-state index is 0.0600. The molecule has 0 heterocycles. The third-order valence-electron chi connectivity index (χ3n) is 4.71. The van der Waals surface area contributed by atoms with Crippen molar-refractivity contribution in [2.75, 3.05) is 5.73 Å². The Labute approximate surface area is 175 Å². The third kappa shape index (κ3) is 5.33. The zero-order chi connectivity index (χ0) is 21.5. The van der Waals surface area contributed by atoms with Gasteiger partial charge in [0.2, 0.25) is 0 Å². The number of nitrogens with two attached hydrogens (primary N) is 1. The molecule has 0 unspecified atom stereocenters. The Bertz CT molecular complexity index is 1100. The van der Waals surface area contributed by atoms with Crippen molar-refractivity contribution in [1.29, 1.82) is 0 Å². The topological polar surface area (TPSA) is 26.0 Å². The van der Waals surface area contributed by atoms with E-state index in [2.05, 4.69) is 18.8 Å². The Kier molecular flexibility index (Phi) is 6.98. The van der Waals surface area contributed by atoms with Crippen LogP contribution in [0.2, 0.25) is 0 Å². The van der Waals surface area contributed by atoms with Gasteiger partial charge in [-0.2, -0.15) is 0 Å². The molecule has 3 aromatic rings. The van der Waals surface area contributed by atoms with E-state index >= 15 is 0 Å². The standard InChI is InChI=1S/C26H22F3N/c1-2-3-4-18-7-12-21(13-8-18)25(28)26(29)22-14-9-19(10-15-22)5-6-20-11-16-24(30)23(27)17-20/h7-17H,2-4,30H2,1H3. The van der Waals surface area contributed by atoms with Crippen molar-refractivity contribution in [3.05, 3.63) is 100 Å². The maximum Gasteiger partial charge on any atom is 0.166 e. The highest BCUT2D eigenvalue weighted by Crippen LogP contribution is 2.29. The summed E-state index contributed by atoms with van der Waals surface area (Å²) < 4.78 is 42.6. The first-order chi connectivity index (χ1) is 14.5. The van der Waals surface area contributed by atoms with Gasteiger partial charge in [0.1, 0.15) is 5.82 Å². The van der Waals surface area contributed by atoms with E-state index < -0.39 is 17.5 Å². The van der Waals surface area contributed by atoms with Crippen LogP contribution in [0.15, 0.2) is 66.7 Å². The van der Waals surface area contributed by atoms with Crippen LogP contribution in [0.1, 0.15) is 47.6 Å². The molecule has 0 spiro atoms. The second-order valence-corrected chi connectivity index (χ2v) is 6.99. The van der Waals surface area contributed by atoms with E-state index in [4.69, 9.17) is 5.73 Å². The van der Waals surface area contributed by atoms with Gasteiger partial charge in [0.25, 0.3) is 0 Å². The molecule has 152 valence electrons. The number of hydrogen-bond acceptors (Lipinski definition) is 1. The summed E-state index contributed by atoms with van der Waals surface area (Å²) in [5.74, 6) is 3.34. The molecule has 3 rings (SSSR count). The SMILES string of the molecule is CCCCc1ccc(C(F)=C(F)c2ccc(C#Cc3ccc(N)c(F)c3)cc2)cc1. The van der Waals surface area contributed by atoms with Crippen molar-refractivity contribution in [3.8, 4) is 11.8 Å². The monoisotopic (exact) mass is 405 g/mol. The normalized spacial score (nSPS) is 11.5. The minimum Gasteiger partial charge on any atom is -0.396 e. The molecule has 0 aromatic heterocycles. The van der Waals surface area contributed by atoms with Crippen LogP contribution in [0.5, 0.6) is 0 Å². The van der Waals surface area contributed by atoms with Gasteiger partial charge in [-0.05, 0) is 48.7 Å². The summed E-state index contributed by atoms with van der Waals surface area (Å²) in [5.41, 5.74) is 8.03. The van der Waals surface area contributed by atoms with Crippen molar-refractivity contribution < 1.29 is 13.2 Å². The number of benzene rings is 3. The van der Waals surface area contributed by atoms with E-state index in [1.807, 2.05) is 12.1 Å². The number of anilines is 1. The second-order valence-electron chi connectivity index (χ2n) is 6.99. The molecule has 30 heavy (non-hydrogen) atoms. The van der Waals surface area contributed by atoms with Crippen LogP contribution in [-0.4, -0.2) is 0 Å². The summed E-state index contributed by atoms with van der Waals surface area (Å²) in [7, 11) is 0. The van der Waals surface area contributed by atoms with E-state index in [1.165, 1.54) is 24.3 Å². The van der Waals surface area contributed by atoms with Crippen LogP contribution in [0.25, 0.3) is 11.7 Å². The Morgan fingerprint density at radius 3 is 1.90 bits per heavy atom. The van der Waals surface area contributed by atoms with E-state index in [0.717, 1.165) is 24.8 Å². The molecule has 4 heteroatoms. The van der Waals surface area contributed by atoms with Gasteiger partial charge in [0, 0.05) is 22.3 Å². The van der Waals surface area contributed by atoms with E-state index in [0.29, 0.717) is 11.1 Å². The van der Waals surface area contributed by atoms with Gasteiger partial charge in [-0.15, -0.1) is 0 Å². The molecule has 0 amide bonds. The molecule has 1 nitrogen and oxygen atoms in total. The smallest absolute Gasteiger partial charge is 0.166 e. The highest BCUT2D eigenvalue weighted by atomic mass is 19.2. The lowest BCUT2D eigenvalue weighted by Crippen LogP contribution is -1.90. The van der Waals surface area contributed by atoms with Crippen LogP contribution in [-0.2, 0) is 6.42 Å². The van der Waals surface area contributed by atoms with Crippen molar-refractivity contribution in [3.63, 3.8) is 0 Å². The summed E-state index contributed by atoms with van der Waals surface area (Å²) in [6.45, 7) is 2.11. The summed E-state index contributed by atoms with van der Waals surface area (Å²) in [6, 6.07) is 17.3. The van der Waals surface area contributed by atoms with Crippen LogP contribution < -0.4 is 5.73 Å². The largest absolute Gasteiger partial charge is 0.396 e. The van der Waals surface area contributed by atoms with Crippen molar-refractivity contribution in [2.45, 2.75) is 26.2 Å². The van der Waals surface area contributed by atoms with Crippen LogP contribution in [0, 0.1) is 17.7 Å². The lowest BCUT2D eigenvalue weighted by atomic mass is 10.0. The molecule has 3 aromatic carbocycles. The molecule has 0 bridgehead atoms. The fourth-order valence-corrected chi connectivity index (χ4v) is 2.90. The first kappa shape index (κ1) is 21.3. The summed E-state index contributed by atoms with van der Waals surface area (Å²) in [5, 5.41) is 0. The predicted octanol–water partition coefficient (Wildman–Crippen LogP) is 6.92. The molecule has 0 atom stereocenters. The average molecular weight is 405 g/mol. The van der Waals surface area contributed by atoms with Crippen LogP contribution in [0.3, 0.4) is 0 Å². The van der Waals surface area contributed by atoms with Gasteiger partial charge in [-0.1, -0.05) is 61.6 Å². The first-order valence-electron chi connectivity index (χ1n) is 9.80. The van der Waals surface area contributed by atoms with E-state index in [9.17, 15) is 13.2 Å². The van der Waals surface area contributed by atoms with E-state index in [1.54, 1.807) is 30.3 Å². The highest BCUT2D eigenvalue weighted by Gasteiger charge is 2.11. The number of unbranched alkanes of at least 4 members (excludes halogenated alkanes) is 1. The molecule has 0 radical (unpaired) electrons. The van der Waals surface area contributed by atoms with Crippen LogP contribution >= 0.6 is 0 Å². The first-order valence-corrected chi connectivity index (χ1v) is 9.80. The fraction of sp³-hybridized carbons (Fsp3) is 0.154. The number of hydrogen-bond donors (Lipinski definition) is 1. The Hall–Kier alpha value is -3.45. The van der Waals surface area contributed by atoms with Gasteiger partial charge in [-0.25, -0.2) is 13.2 Å². The summed E-state index contributed by atoms with van der Waals surface area (Å²) >= 11 is 0. The molecule has 2 N–H and O–H groups in total. The van der Waals surface area contributed by atoms with Crippen molar-refractivity contribution >= 4 is 17.3 Å². The van der Waals surface area contributed by atoms with Gasteiger partial charge < -0.3 is 5.73 Å². The van der Waals surface area contributed by atoms with Gasteiger partial charge in [-0.3, -0.25) is 0 Å². The van der Waals surface area contributed by atoms with Gasteiger partial charge in [0.15, 0.2) is 11.7 Å². The molecule has 0 aliphatic rings. The quantitative estimate of drug-likeness (QED) is 0.278. The minimum atomic E-state index is -0.920. The van der Waals surface area contributed by atoms with Crippen molar-refractivity contribution in [1.82, 2.24) is 0 Å². The molecular weight excluding hydrogens is 383 g/mol. The van der Waals surface area contributed by atoms with Crippen molar-refractivity contribution in [2.24, 2.45) is 0 Å². The lowest BCUT2D eigenvalue weighted by molar-refractivity contribution is 0.632.